The van der Waals surface area contributed by atoms with E-state index in [1.807, 2.05) is 67.5 Å². The standard InChI is InChI=1S/C19H21N5O/c1-13(25)20-14-8-10-15(11-9-14)21-19-16-6-4-5-7-17(16)22-18(23-19)12-24(2)3/h4-11H,12H2,1-3H3,(H,20,25)(H,21,22,23). The number of nitrogens with zero attached hydrogens (tertiary/aromatic N) is 3. The Morgan fingerprint density at radius 1 is 1.00 bits per heavy atom. The zero-order valence-electron chi connectivity index (χ0n) is 14.6. The number of carbonyl (C=O) groups is 1. The van der Waals surface area contributed by atoms with Gasteiger partial charge >= 0.3 is 0 Å². The van der Waals surface area contributed by atoms with Gasteiger partial charge in [-0.25, -0.2) is 9.97 Å². The Hall–Kier alpha value is -2.99. The van der Waals surface area contributed by atoms with Crippen LogP contribution < -0.4 is 10.6 Å². The molecule has 0 unspecified atom stereocenters. The van der Waals surface area contributed by atoms with Gasteiger partial charge in [-0.1, -0.05) is 12.1 Å². The molecule has 0 saturated carbocycles. The molecular formula is C19H21N5O. The van der Waals surface area contributed by atoms with Crippen LogP contribution in [-0.4, -0.2) is 34.9 Å². The minimum atomic E-state index is -0.0872. The number of amides is 1. The summed E-state index contributed by atoms with van der Waals surface area (Å²) in [5.41, 5.74) is 2.57. The van der Waals surface area contributed by atoms with E-state index in [1.165, 1.54) is 6.92 Å². The summed E-state index contributed by atoms with van der Waals surface area (Å²) >= 11 is 0. The predicted molar refractivity (Wildman–Crippen MR) is 101 cm³/mol. The molecule has 0 radical (unpaired) electrons. The van der Waals surface area contributed by atoms with Gasteiger partial charge in [0.2, 0.25) is 5.91 Å². The van der Waals surface area contributed by atoms with Crippen LogP contribution in [-0.2, 0) is 11.3 Å². The second-order valence-electron chi connectivity index (χ2n) is 6.13. The lowest BCUT2D eigenvalue weighted by Crippen LogP contribution is -2.14. The van der Waals surface area contributed by atoms with E-state index in [-0.39, 0.29) is 5.91 Å². The fraction of sp³-hybridized carbons (Fsp3) is 0.211. The number of rotatable bonds is 5. The van der Waals surface area contributed by atoms with Crippen LogP contribution >= 0.6 is 0 Å². The molecule has 2 aromatic carbocycles. The molecule has 6 heteroatoms. The molecule has 2 N–H and O–H groups in total. The van der Waals surface area contributed by atoms with E-state index in [0.717, 1.165) is 33.9 Å². The summed E-state index contributed by atoms with van der Waals surface area (Å²) in [6.45, 7) is 2.16. The van der Waals surface area contributed by atoms with E-state index >= 15 is 0 Å². The van der Waals surface area contributed by atoms with Crippen LogP contribution in [0, 0.1) is 0 Å². The monoisotopic (exact) mass is 335 g/mol. The maximum absolute atomic E-state index is 11.1. The van der Waals surface area contributed by atoms with E-state index in [4.69, 9.17) is 0 Å². The fourth-order valence-electron chi connectivity index (χ4n) is 2.55. The first kappa shape index (κ1) is 16.9. The smallest absolute Gasteiger partial charge is 0.221 e. The van der Waals surface area contributed by atoms with Crippen molar-refractivity contribution in [2.75, 3.05) is 24.7 Å². The van der Waals surface area contributed by atoms with E-state index in [2.05, 4.69) is 20.6 Å². The van der Waals surface area contributed by atoms with Gasteiger partial charge in [0.25, 0.3) is 0 Å². The molecule has 3 rings (SSSR count). The largest absolute Gasteiger partial charge is 0.340 e. The van der Waals surface area contributed by atoms with Crippen LogP contribution in [0.1, 0.15) is 12.7 Å². The minimum absolute atomic E-state index is 0.0872. The highest BCUT2D eigenvalue weighted by Gasteiger charge is 2.09. The van der Waals surface area contributed by atoms with Crippen molar-refractivity contribution in [3.05, 3.63) is 54.4 Å². The Morgan fingerprint density at radius 3 is 2.36 bits per heavy atom. The topological polar surface area (TPSA) is 70.2 Å². The van der Waals surface area contributed by atoms with E-state index in [1.54, 1.807) is 0 Å². The highest BCUT2D eigenvalue weighted by atomic mass is 16.1. The van der Waals surface area contributed by atoms with Gasteiger partial charge in [-0.15, -0.1) is 0 Å². The predicted octanol–water partition coefficient (Wildman–Crippen LogP) is 3.39. The normalized spacial score (nSPS) is 10.9. The number of benzene rings is 2. The van der Waals surface area contributed by atoms with Crippen molar-refractivity contribution in [1.29, 1.82) is 0 Å². The molecule has 128 valence electrons. The Labute approximate surface area is 146 Å². The molecule has 3 aromatic rings. The van der Waals surface area contributed by atoms with Crippen LogP contribution in [0.5, 0.6) is 0 Å². The minimum Gasteiger partial charge on any atom is -0.340 e. The van der Waals surface area contributed by atoms with Crippen molar-refractivity contribution >= 4 is 34.0 Å². The van der Waals surface area contributed by atoms with Crippen LogP contribution in [0.4, 0.5) is 17.2 Å². The van der Waals surface area contributed by atoms with Crippen molar-refractivity contribution in [3.8, 4) is 0 Å². The maximum Gasteiger partial charge on any atom is 0.221 e. The van der Waals surface area contributed by atoms with Crippen molar-refractivity contribution in [1.82, 2.24) is 14.9 Å². The summed E-state index contributed by atoms with van der Waals surface area (Å²) in [5.74, 6) is 1.45. The number of fused-ring (bicyclic) bond motifs is 1. The molecule has 1 heterocycles. The Bertz CT molecular complexity index is 890. The van der Waals surface area contributed by atoms with Gasteiger partial charge in [0.05, 0.1) is 12.1 Å². The number of hydrogen-bond donors (Lipinski definition) is 2. The first-order valence-electron chi connectivity index (χ1n) is 8.06. The molecule has 1 aromatic heterocycles. The van der Waals surface area contributed by atoms with Crippen LogP contribution in [0.15, 0.2) is 48.5 Å². The fourth-order valence-corrected chi connectivity index (χ4v) is 2.55. The van der Waals surface area contributed by atoms with Crippen molar-refractivity contribution < 1.29 is 4.79 Å². The second-order valence-corrected chi connectivity index (χ2v) is 6.13. The molecule has 0 spiro atoms. The van der Waals surface area contributed by atoms with Gasteiger partial charge in [-0.05, 0) is 50.5 Å². The lowest BCUT2D eigenvalue weighted by Gasteiger charge is -2.13. The van der Waals surface area contributed by atoms with Gasteiger partial charge in [-0.3, -0.25) is 4.79 Å². The third kappa shape index (κ3) is 4.30. The van der Waals surface area contributed by atoms with E-state index in [0.29, 0.717) is 6.54 Å². The summed E-state index contributed by atoms with van der Waals surface area (Å²) in [4.78, 5) is 22.4. The molecule has 0 atom stereocenters. The molecule has 1 amide bonds. The van der Waals surface area contributed by atoms with Gasteiger partial charge in [0.1, 0.15) is 11.6 Å². The van der Waals surface area contributed by atoms with Gasteiger partial charge in [0.15, 0.2) is 0 Å². The summed E-state index contributed by atoms with van der Waals surface area (Å²) < 4.78 is 0. The highest BCUT2D eigenvalue weighted by molar-refractivity contribution is 5.91. The summed E-state index contributed by atoms with van der Waals surface area (Å²) in [5, 5.41) is 7.09. The molecular weight excluding hydrogens is 314 g/mol. The average molecular weight is 335 g/mol. The molecule has 0 aliphatic heterocycles. The van der Waals surface area contributed by atoms with Crippen LogP contribution in [0.2, 0.25) is 0 Å². The third-order valence-corrected chi connectivity index (χ3v) is 3.58. The highest BCUT2D eigenvalue weighted by Crippen LogP contribution is 2.25. The number of para-hydroxylation sites is 1. The van der Waals surface area contributed by atoms with Gasteiger partial charge in [0, 0.05) is 23.7 Å². The average Bonchev–Trinajstić information content (AvgIpc) is 2.55. The Balaban J connectivity index is 1.92. The second kappa shape index (κ2) is 7.27. The Kier molecular flexibility index (Phi) is 4.90. The zero-order chi connectivity index (χ0) is 17.8. The lowest BCUT2D eigenvalue weighted by atomic mass is 10.2. The molecule has 0 aliphatic rings. The van der Waals surface area contributed by atoms with Crippen molar-refractivity contribution in [3.63, 3.8) is 0 Å². The zero-order valence-corrected chi connectivity index (χ0v) is 14.6. The first-order valence-corrected chi connectivity index (χ1v) is 8.06. The molecule has 0 aliphatic carbocycles. The summed E-state index contributed by atoms with van der Waals surface area (Å²) in [7, 11) is 3.98. The lowest BCUT2D eigenvalue weighted by molar-refractivity contribution is -0.114. The first-order chi connectivity index (χ1) is 12.0. The molecule has 0 fully saturated rings. The molecule has 25 heavy (non-hydrogen) atoms. The SMILES string of the molecule is CC(=O)Nc1ccc(Nc2nc(CN(C)C)nc3ccccc23)cc1. The molecule has 0 saturated heterocycles. The molecule has 6 nitrogen and oxygen atoms in total. The summed E-state index contributed by atoms with van der Waals surface area (Å²) in [6, 6.07) is 15.5. The van der Waals surface area contributed by atoms with Gasteiger partial charge < -0.3 is 15.5 Å². The van der Waals surface area contributed by atoms with Crippen molar-refractivity contribution in [2.45, 2.75) is 13.5 Å². The quantitative estimate of drug-likeness (QED) is 0.748. The number of anilines is 3. The molecule has 0 bridgehead atoms. The van der Waals surface area contributed by atoms with E-state index in [9.17, 15) is 4.79 Å². The van der Waals surface area contributed by atoms with Crippen molar-refractivity contribution in [2.24, 2.45) is 0 Å². The summed E-state index contributed by atoms with van der Waals surface area (Å²) in [6.07, 6.45) is 0. The number of hydrogen-bond acceptors (Lipinski definition) is 5. The maximum atomic E-state index is 11.1. The Morgan fingerprint density at radius 2 is 1.68 bits per heavy atom. The van der Waals surface area contributed by atoms with Gasteiger partial charge in [-0.2, -0.15) is 0 Å². The number of nitrogens with one attached hydrogen (secondary N) is 2. The number of aromatic nitrogens is 2. The van der Waals surface area contributed by atoms with Crippen LogP contribution in [0.3, 0.4) is 0 Å². The number of carbonyl (C=O) groups excluding carboxylic acids is 1. The third-order valence-electron chi connectivity index (χ3n) is 3.58. The van der Waals surface area contributed by atoms with Crippen LogP contribution in [0.25, 0.3) is 10.9 Å². The van der Waals surface area contributed by atoms with E-state index < -0.39 is 0 Å².